The Hall–Kier alpha value is -1.56. The molecule has 23 heavy (non-hydrogen) atoms. The minimum absolute atomic E-state index is 0.0669. The highest BCUT2D eigenvalue weighted by Crippen LogP contribution is 2.35. The molecule has 1 amide bonds. The number of amides is 1. The fraction of sp³-hybridized carbons (Fsp3) is 0.765. The van der Waals surface area contributed by atoms with Crippen molar-refractivity contribution in [2.24, 2.45) is 5.92 Å². The van der Waals surface area contributed by atoms with Crippen LogP contribution in [0, 0.1) is 5.92 Å². The molecule has 0 heterocycles. The van der Waals surface area contributed by atoms with Gasteiger partial charge in [-0.15, -0.1) is 0 Å². The van der Waals surface area contributed by atoms with E-state index in [1.54, 1.807) is 27.7 Å². The van der Waals surface area contributed by atoms with E-state index in [2.05, 4.69) is 5.32 Å². The van der Waals surface area contributed by atoms with Crippen molar-refractivity contribution in [1.29, 1.82) is 0 Å². The molecule has 0 radical (unpaired) electrons. The summed E-state index contributed by atoms with van der Waals surface area (Å²) in [4.78, 5) is 22.9. The van der Waals surface area contributed by atoms with Crippen LogP contribution in [0.4, 0.5) is 4.79 Å². The zero-order valence-electron chi connectivity index (χ0n) is 14.5. The van der Waals surface area contributed by atoms with Crippen LogP contribution in [0.5, 0.6) is 0 Å². The van der Waals surface area contributed by atoms with E-state index < -0.39 is 29.3 Å². The number of alkyl carbamates (subject to hydrolysis) is 1. The number of aliphatic hydroxyl groups excluding tert-OH is 1. The topological polar surface area (TPSA) is 95.9 Å². The van der Waals surface area contributed by atoms with Crippen LogP contribution < -0.4 is 5.32 Å². The minimum atomic E-state index is -1.13. The quantitative estimate of drug-likeness (QED) is 0.675. The summed E-state index contributed by atoms with van der Waals surface area (Å²) in [7, 11) is 0. The van der Waals surface area contributed by atoms with Gasteiger partial charge >= 0.3 is 12.1 Å². The molecule has 0 aliphatic heterocycles. The zero-order valence-corrected chi connectivity index (χ0v) is 14.5. The second kappa shape index (κ2) is 7.81. The Morgan fingerprint density at radius 1 is 1.17 bits per heavy atom. The van der Waals surface area contributed by atoms with Crippen molar-refractivity contribution in [2.75, 3.05) is 0 Å². The molecule has 0 bridgehead atoms. The monoisotopic (exact) mass is 327 g/mol. The van der Waals surface area contributed by atoms with Crippen molar-refractivity contribution in [1.82, 2.24) is 5.32 Å². The Bertz CT molecular complexity index is 448. The Labute approximate surface area is 137 Å². The maximum atomic E-state index is 12.2. The molecule has 6 heteroatoms. The van der Waals surface area contributed by atoms with Gasteiger partial charge in [-0.2, -0.15) is 0 Å². The smallest absolute Gasteiger partial charge is 0.408 e. The van der Waals surface area contributed by atoms with Crippen LogP contribution in [-0.4, -0.2) is 39.5 Å². The first-order valence-electron chi connectivity index (χ1n) is 8.15. The van der Waals surface area contributed by atoms with Crippen molar-refractivity contribution in [2.45, 2.75) is 77.0 Å². The van der Waals surface area contributed by atoms with Gasteiger partial charge in [0, 0.05) is 6.08 Å². The van der Waals surface area contributed by atoms with Crippen LogP contribution in [0.1, 0.15) is 59.8 Å². The van der Waals surface area contributed by atoms with Gasteiger partial charge in [-0.05, 0) is 52.5 Å². The fourth-order valence-electron chi connectivity index (χ4n) is 3.02. The molecule has 132 valence electrons. The molecule has 3 N–H and O–H groups in total. The second-order valence-electron chi connectivity index (χ2n) is 7.39. The van der Waals surface area contributed by atoms with Crippen molar-refractivity contribution >= 4 is 12.1 Å². The number of aliphatic carboxylic acids is 1. The van der Waals surface area contributed by atoms with E-state index in [0.717, 1.165) is 38.2 Å². The molecule has 2 atom stereocenters. The van der Waals surface area contributed by atoms with Crippen molar-refractivity contribution in [3.63, 3.8) is 0 Å². The van der Waals surface area contributed by atoms with Crippen LogP contribution in [0.15, 0.2) is 12.2 Å². The molecule has 0 aromatic heterocycles. The van der Waals surface area contributed by atoms with E-state index in [9.17, 15) is 14.7 Å². The number of carbonyl (C=O) groups is 2. The number of hydrogen-bond acceptors (Lipinski definition) is 4. The van der Waals surface area contributed by atoms with Crippen LogP contribution >= 0.6 is 0 Å². The number of hydrogen-bond donors (Lipinski definition) is 3. The SMILES string of the molecule is CC(C)(C)OC(=O)NC(C)(C(O)C=CC(=O)O)C1CCCCC1. The van der Waals surface area contributed by atoms with Gasteiger partial charge in [0.05, 0.1) is 11.6 Å². The van der Waals surface area contributed by atoms with Crippen LogP contribution in [0.3, 0.4) is 0 Å². The standard InChI is InChI=1S/C17H29NO5/c1-16(2,3)23-15(22)18-17(4,12-8-6-5-7-9-12)13(19)10-11-14(20)21/h10-13,19H,5-9H2,1-4H3,(H,18,22)(H,20,21). The predicted octanol–water partition coefficient (Wildman–Crippen LogP) is 2.85. The lowest BCUT2D eigenvalue weighted by Crippen LogP contribution is -2.59. The van der Waals surface area contributed by atoms with Crippen LogP contribution in [0.2, 0.25) is 0 Å². The number of carboxylic acids is 1. The summed E-state index contributed by atoms with van der Waals surface area (Å²) in [6.45, 7) is 7.06. The molecular weight excluding hydrogens is 298 g/mol. The Kier molecular flexibility index (Phi) is 6.62. The first-order valence-corrected chi connectivity index (χ1v) is 8.15. The molecule has 1 aliphatic rings. The van der Waals surface area contributed by atoms with Crippen LogP contribution in [-0.2, 0) is 9.53 Å². The van der Waals surface area contributed by atoms with E-state index in [1.807, 2.05) is 0 Å². The Morgan fingerprint density at radius 3 is 2.22 bits per heavy atom. The predicted molar refractivity (Wildman–Crippen MR) is 87.1 cm³/mol. The number of rotatable bonds is 5. The van der Waals surface area contributed by atoms with Crippen LogP contribution in [0.25, 0.3) is 0 Å². The third-order valence-corrected chi connectivity index (χ3v) is 4.26. The third kappa shape index (κ3) is 6.22. The van der Waals surface area contributed by atoms with Gasteiger partial charge in [0.1, 0.15) is 5.60 Å². The molecule has 0 aromatic rings. The molecule has 2 unspecified atom stereocenters. The average Bonchev–Trinajstić information content (AvgIpc) is 2.43. The third-order valence-electron chi connectivity index (χ3n) is 4.26. The van der Waals surface area contributed by atoms with Gasteiger partial charge < -0.3 is 20.3 Å². The molecule has 1 fully saturated rings. The number of aliphatic hydroxyl groups is 1. The molecule has 0 spiro atoms. The van der Waals surface area contributed by atoms with E-state index in [0.29, 0.717) is 0 Å². The van der Waals surface area contributed by atoms with E-state index >= 15 is 0 Å². The fourth-order valence-corrected chi connectivity index (χ4v) is 3.02. The average molecular weight is 327 g/mol. The van der Waals surface area contributed by atoms with Gasteiger partial charge in [0.25, 0.3) is 0 Å². The van der Waals surface area contributed by atoms with Gasteiger partial charge in [0.2, 0.25) is 0 Å². The molecule has 0 aromatic carbocycles. The molecular formula is C17H29NO5. The van der Waals surface area contributed by atoms with Gasteiger partial charge in [-0.3, -0.25) is 0 Å². The summed E-state index contributed by atoms with van der Waals surface area (Å²) in [5, 5.41) is 22.0. The van der Waals surface area contributed by atoms with Gasteiger partial charge in [-0.25, -0.2) is 9.59 Å². The molecule has 1 rings (SSSR count). The van der Waals surface area contributed by atoms with E-state index in [1.165, 1.54) is 6.08 Å². The largest absolute Gasteiger partial charge is 0.478 e. The second-order valence-corrected chi connectivity index (χ2v) is 7.39. The highest BCUT2D eigenvalue weighted by molar-refractivity contribution is 5.79. The highest BCUT2D eigenvalue weighted by atomic mass is 16.6. The molecule has 1 saturated carbocycles. The minimum Gasteiger partial charge on any atom is -0.478 e. The molecule has 0 saturated heterocycles. The lowest BCUT2D eigenvalue weighted by Gasteiger charge is -2.43. The highest BCUT2D eigenvalue weighted by Gasteiger charge is 2.42. The maximum Gasteiger partial charge on any atom is 0.408 e. The van der Waals surface area contributed by atoms with E-state index in [-0.39, 0.29) is 5.92 Å². The number of ether oxygens (including phenoxy) is 1. The van der Waals surface area contributed by atoms with E-state index in [4.69, 9.17) is 9.84 Å². The number of carbonyl (C=O) groups excluding carboxylic acids is 1. The molecule has 6 nitrogen and oxygen atoms in total. The lowest BCUT2D eigenvalue weighted by molar-refractivity contribution is -0.131. The molecule has 1 aliphatic carbocycles. The summed E-state index contributed by atoms with van der Waals surface area (Å²) >= 11 is 0. The van der Waals surface area contributed by atoms with Crippen molar-refractivity contribution in [3.8, 4) is 0 Å². The summed E-state index contributed by atoms with van der Waals surface area (Å²) in [6, 6.07) is 0. The summed E-state index contributed by atoms with van der Waals surface area (Å²) in [5.74, 6) is -1.07. The first-order chi connectivity index (χ1) is 10.5. The summed E-state index contributed by atoms with van der Waals surface area (Å²) in [5.41, 5.74) is -1.60. The first kappa shape index (κ1) is 19.5. The normalized spacial score (nSPS) is 20.7. The number of nitrogens with one attached hydrogen (secondary N) is 1. The maximum absolute atomic E-state index is 12.2. The number of carboxylic acid groups (broad SMARTS) is 1. The lowest BCUT2D eigenvalue weighted by atomic mass is 9.72. The Balaban J connectivity index is 2.95. The van der Waals surface area contributed by atoms with Gasteiger partial charge in [0.15, 0.2) is 0 Å². The zero-order chi connectivity index (χ0) is 17.7. The summed E-state index contributed by atoms with van der Waals surface area (Å²) < 4.78 is 5.30. The summed E-state index contributed by atoms with van der Waals surface area (Å²) in [6.07, 6.45) is 5.38. The Morgan fingerprint density at radius 2 is 1.74 bits per heavy atom. The van der Waals surface area contributed by atoms with Crippen molar-refractivity contribution in [3.05, 3.63) is 12.2 Å². The van der Waals surface area contributed by atoms with Crippen molar-refractivity contribution < 1.29 is 24.5 Å². The van der Waals surface area contributed by atoms with Gasteiger partial charge in [-0.1, -0.05) is 19.3 Å².